The third-order valence-electron chi connectivity index (χ3n) is 3.76. The predicted octanol–water partition coefficient (Wildman–Crippen LogP) is 4.17. The monoisotopic (exact) mass is 326 g/mol. The van der Waals surface area contributed by atoms with Crippen LogP contribution < -0.4 is 10.6 Å². The smallest absolute Gasteiger partial charge is 0.411 e. The lowest BCUT2D eigenvalue weighted by Gasteiger charge is -2.24. The first-order valence-corrected chi connectivity index (χ1v) is 7.71. The molecule has 0 bridgehead atoms. The molecule has 2 rings (SSSR count). The minimum absolute atomic E-state index is 0.0578. The second-order valence-corrected chi connectivity index (χ2v) is 6.17. The molecule has 2 amide bonds. The van der Waals surface area contributed by atoms with Crippen LogP contribution in [0.5, 0.6) is 0 Å². The van der Waals surface area contributed by atoms with Gasteiger partial charge in [0.25, 0.3) is 0 Å². The molecular formula is C19H22N2O3. The lowest BCUT2D eigenvalue weighted by molar-refractivity contribution is -0.117. The number of methoxy groups -OCH3 is 1. The van der Waals surface area contributed by atoms with Crippen LogP contribution >= 0.6 is 0 Å². The van der Waals surface area contributed by atoms with E-state index in [-0.39, 0.29) is 11.3 Å². The van der Waals surface area contributed by atoms with Gasteiger partial charge in [-0.3, -0.25) is 10.1 Å². The molecule has 0 unspecified atom stereocenters. The Morgan fingerprint density at radius 2 is 1.46 bits per heavy atom. The summed E-state index contributed by atoms with van der Waals surface area (Å²) in [5.41, 5.74) is 2.15. The van der Waals surface area contributed by atoms with Gasteiger partial charge < -0.3 is 10.1 Å². The van der Waals surface area contributed by atoms with Crippen LogP contribution in [0, 0.1) is 0 Å². The summed E-state index contributed by atoms with van der Waals surface area (Å²) in [5.74, 6) is -0.0578. The fourth-order valence-electron chi connectivity index (χ4n) is 2.40. The maximum atomic E-state index is 12.3. The van der Waals surface area contributed by atoms with Crippen molar-refractivity contribution >= 4 is 23.4 Å². The van der Waals surface area contributed by atoms with Gasteiger partial charge in [-0.15, -0.1) is 0 Å². The van der Waals surface area contributed by atoms with Gasteiger partial charge in [0, 0.05) is 17.8 Å². The summed E-state index contributed by atoms with van der Waals surface area (Å²) in [6.07, 6.45) is -0.157. The molecule has 0 aliphatic carbocycles. The van der Waals surface area contributed by atoms with Gasteiger partial charge >= 0.3 is 6.09 Å². The van der Waals surface area contributed by atoms with Crippen molar-refractivity contribution in [3.8, 4) is 0 Å². The first-order chi connectivity index (χ1) is 11.4. The molecular weight excluding hydrogens is 304 g/mol. The van der Waals surface area contributed by atoms with Gasteiger partial charge in [0.05, 0.1) is 7.11 Å². The summed E-state index contributed by atoms with van der Waals surface area (Å²) < 4.78 is 4.53. The van der Waals surface area contributed by atoms with E-state index in [4.69, 9.17) is 0 Å². The van der Waals surface area contributed by atoms with Crippen LogP contribution in [0.4, 0.5) is 16.2 Å². The normalized spacial score (nSPS) is 10.8. The lowest BCUT2D eigenvalue weighted by atomic mass is 9.81. The van der Waals surface area contributed by atoms with Crippen LogP contribution in [0.25, 0.3) is 0 Å². The average Bonchev–Trinajstić information content (AvgIpc) is 2.57. The molecule has 126 valence electrons. The van der Waals surface area contributed by atoms with Crippen LogP contribution in [0.1, 0.15) is 25.8 Å². The average molecular weight is 326 g/mol. The Balaban J connectivity index is 1.96. The molecule has 2 N–H and O–H groups in total. The van der Waals surface area contributed by atoms with Crippen molar-refractivity contribution in [2.75, 3.05) is 17.7 Å². The molecule has 0 aromatic heterocycles. The zero-order valence-electron chi connectivity index (χ0n) is 14.1. The molecule has 2 aromatic carbocycles. The number of carbonyl (C=O) groups excluding carboxylic acids is 2. The number of anilines is 2. The first-order valence-electron chi connectivity index (χ1n) is 7.71. The lowest BCUT2D eigenvalue weighted by Crippen LogP contribution is -2.25. The van der Waals surface area contributed by atoms with E-state index in [2.05, 4.69) is 15.4 Å². The molecule has 0 saturated heterocycles. The Bertz CT molecular complexity index is 694. The van der Waals surface area contributed by atoms with Gasteiger partial charge in [0.2, 0.25) is 5.91 Å². The van der Waals surface area contributed by atoms with E-state index in [1.54, 1.807) is 24.3 Å². The molecule has 0 radical (unpaired) electrons. The molecule has 0 aliphatic heterocycles. The Morgan fingerprint density at radius 3 is 2.00 bits per heavy atom. The van der Waals surface area contributed by atoms with Crippen molar-refractivity contribution in [2.45, 2.75) is 25.7 Å². The highest BCUT2D eigenvalue weighted by molar-refractivity contribution is 5.92. The second-order valence-electron chi connectivity index (χ2n) is 6.17. The third kappa shape index (κ3) is 4.84. The van der Waals surface area contributed by atoms with Gasteiger partial charge in [-0.1, -0.05) is 44.2 Å². The maximum absolute atomic E-state index is 12.3. The van der Waals surface area contributed by atoms with Crippen molar-refractivity contribution in [1.82, 2.24) is 0 Å². The van der Waals surface area contributed by atoms with Crippen molar-refractivity contribution in [3.63, 3.8) is 0 Å². The Kier molecular flexibility index (Phi) is 5.58. The topological polar surface area (TPSA) is 67.4 Å². The van der Waals surface area contributed by atoms with E-state index in [0.717, 1.165) is 5.56 Å². The van der Waals surface area contributed by atoms with Crippen LogP contribution in [-0.2, 0) is 14.9 Å². The van der Waals surface area contributed by atoms with Crippen molar-refractivity contribution in [1.29, 1.82) is 0 Å². The molecule has 0 saturated carbocycles. The summed E-state index contributed by atoms with van der Waals surface area (Å²) in [4.78, 5) is 23.4. The number of hydrogen-bond acceptors (Lipinski definition) is 3. The van der Waals surface area contributed by atoms with Crippen molar-refractivity contribution in [3.05, 3.63) is 60.2 Å². The molecule has 0 aliphatic rings. The first kappa shape index (κ1) is 17.5. The summed E-state index contributed by atoms with van der Waals surface area (Å²) in [7, 11) is 1.30. The summed E-state index contributed by atoms with van der Waals surface area (Å²) in [6, 6.07) is 16.8. The van der Waals surface area contributed by atoms with Gasteiger partial charge in [-0.25, -0.2) is 4.79 Å². The van der Waals surface area contributed by atoms with Crippen molar-refractivity contribution < 1.29 is 14.3 Å². The highest BCUT2D eigenvalue weighted by Crippen LogP contribution is 2.27. The van der Waals surface area contributed by atoms with Gasteiger partial charge in [0.1, 0.15) is 0 Å². The number of hydrogen-bond donors (Lipinski definition) is 2. The molecule has 5 heteroatoms. The minimum atomic E-state index is -0.531. The van der Waals surface area contributed by atoms with Crippen LogP contribution in [0.15, 0.2) is 54.6 Å². The van der Waals surface area contributed by atoms with E-state index in [1.165, 1.54) is 7.11 Å². The summed E-state index contributed by atoms with van der Waals surface area (Å²) in [6.45, 7) is 4.09. The van der Waals surface area contributed by atoms with Gasteiger partial charge in [-0.2, -0.15) is 0 Å². The van der Waals surface area contributed by atoms with Crippen molar-refractivity contribution in [2.24, 2.45) is 0 Å². The highest BCUT2D eigenvalue weighted by atomic mass is 16.5. The molecule has 0 heterocycles. The minimum Gasteiger partial charge on any atom is -0.453 e. The Morgan fingerprint density at radius 1 is 0.917 bits per heavy atom. The Labute approximate surface area is 142 Å². The number of rotatable bonds is 5. The van der Waals surface area contributed by atoms with Crippen LogP contribution in [0.2, 0.25) is 0 Å². The standard InChI is InChI=1S/C19H22N2O3/c1-19(2,14-7-5-4-6-8-14)13-17(22)20-15-9-11-16(12-10-15)21-18(23)24-3/h4-12H,13H2,1-3H3,(H,20,22)(H,21,23). The van der Waals surface area contributed by atoms with Gasteiger partial charge in [0.15, 0.2) is 0 Å². The highest BCUT2D eigenvalue weighted by Gasteiger charge is 2.24. The molecule has 0 atom stereocenters. The number of amides is 2. The fourth-order valence-corrected chi connectivity index (χ4v) is 2.40. The number of benzene rings is 2. The Hall–Kier alpha value is -2.82. The predicted molar refractivity (Wildman–Crippen MR) is 95.2 cm³/mol. The summed E-state index contributed by atoms with van der Waals surface area (Å²) >= 11 is 0. The number of ether oxygens (including phenoxy) is 1. The SMILES string of the molecule is COC(=O)Nc1ccc(NC(=O)CC(C)(C)c2ccccc2)cc1. The largest absolute Gasteiger partial charge is 0.453 e. The number of carbonyl (C=O) groups is 2. The molecule has 24 heavy (non-hydrogen) atoms. The number of nitrogens with one attached hydrogen (secondary N) is 2. The van der Waals surface area contributed by atoms with E-state index in [0.29, 0.717) is 17.8 Å². The van der Waals surface area contributed by atoms with E-state index in [1.807, 2.05) is 44.2 Å². The van der Waals surface area contributed by atoms with Gasteiger partial charge in [-0.05, 0) is 35.2 Å². The molecule has 5 nitrogen and oxygen atoms in total. The third-order valence-corrected chi connectivity index (χ3v) is 3.76. The zero-order chi connectivity index (χ0) is 17.6. The molecule has 0 spiro atoms. The maximum Gasteiger partial charge on any atom is 0.411 e. The quantitative estimate of drug-likeness (QED) is 0.866. The van der Waals surface area contributed by atoms with Crippen LogP contribution in [0.3, 0.4) is 0 Å². The fraction of sp³-hybridized carbons (Fsp3) is 0.263. The van der Waals surface area contributed by atoms with E-state index < -0.39 is 6.09 Å². The molecule has 2 aromatic rings. The van der Waals surface area contributed by atoms with Crippen LogP contribution in [-0.4, -0.2) is 19.1 Å². The van der Waals surface area contributed by atoms with E-state index >= 15 is 0 Å². The molecule has 0 fully saturated rings. The van der Waals surface area contributed by atoms with E-state index in [9.17, 15) is 9.59 Å². The summed E-state index contributed by atoms with van der Waals surface area (Å²) in [5, 5.41) is 5.44. The second kappa shape index (κ2) is 7.64. The zero-order valence-corrected chi connectivity index (χ0v) is 14.1.